The molecule has 0 bridgehead atoms. The lowest BCUT2D eigenvalue weighted by Gasteiger charge is -2.27. The second kappa shape index (κ2) is 25.2. The molecule has 5 heterocycles. The fourth-order valence-corrected chi connectivity index (χ4v) is 12.6. The molecule has 3 atom stereocenters. The molecular formula is C63H74N6O10S. The van der Waals surface area contributed by atoms with Gasteiger partial charge in [-0.05, 0) is 116 Å². The third-order valence-electron chi connectivity index (χ3n) is 16.0. The molecule has 4 amide bonds. The molecule has 5 aromatic carbocycles. The van der Waals surface area contributed by atoms with Gasteiger partial charge >= 0.3 is 0 Å². The number of thioether (sulfide) groups is 1. The summed E-state index contributed by atoms with van der Waals surface area (Å²) in [4.78, 5) is 79.1. The third kappa shape index (κ3) is 12.0. The van der Waals surface area contributed by atoms with Gasteiger partial charge in [-0.25, -0.2) is 0 Å². The predicted octanol–water partition coefficient (Wildman–Crippen LogP) is 9.07. The highest BCUT2D eigenvalue weighted by molar-refractivity contribution is 8.00. The summed E-state index contributed by atoms with van der Waals surface area (Å²) in [5.74, 6) is 1.25. The minimum atomic E-state index is -0.346. The molecule has 5 aliphatic heterocycles. The highest BCUT2D eigenvalue weighted by atomic mass is 32.2. The van der Waals surface area contributed by atoms with Crippen LogP contribution in [0.15, 0.2) is 91.0 Å². The molecule has 1 unspecified atom stereocenters. The van der Waals surface area contributed by atoms with Crippen LogP contribution in [0.3, 0.4) is 0 Å². The van der Waals surface area contributed by atoms with E-state index in [2.05, 4.69) is 52.0 Å². The number of likely N-dealkylation sites (tertiary alicyclic amines) is 1. The van der Waals surface area contributed by atoms with E-state index in [0.717, 1.165) is 70.0 Å². The first-order valence-corrected chi connectivity index (χ1v) is 29.4. The lowest BCUT2D eigenvalue weighted by molar-refractivity contribution is -0.138. The summed E-state index contributed by atoms with van der Waals surface area (Å²) >= 11 is 1.39. The number of anilines is 5. The number of nitrogens with zero attached hydrogens (tertiary/aromatic N) is 6. The van der Waals surface area contributed by atoms with Gasteiger partial charge in [0, 0.05) is 102 Å². The Balaban J connectivity index is 0.910. The number of ether oxygens (including phenoxy) is 5. The monoisotopic (exact) mass is 1110 g/mol. The van der Waals surface area contributed by atoms with E-state index >= 15 is 0 Å². The molecule has 0 spiro atoms. The van der Waals surface area contributed by atoms with Crippen LogP contribution in [0.2, 0.25) is 0 Å². The minimum absolute atomic E-state index is 0.0135. The Hall–Kier alpha value is -7.08. The smallest absolute Gasteiger partial charge is 0.260 e. The number of fused-ring (bicyclic) bond motifs is 8. The minimum Gasteiger partial charge on any atom is -0.493 e. The first-order chi connectivity index (χ1) is 38.8. The number of imide groups is 1. The van der Waals surface area contributed by atoms with Gasteiger partial charge in [-0.15, -0.1) is 0 Å². The van der Waals surface area contributed by atoms with Gasteiger partial charge in [0.2, 0.25) is 11.8 Å². The van der Waals surface area contributed by atoms with Crippen molar-refractivity contribution in [3.8, 4) is 17.2 Å². The van der Waals surface area contributed by atoms with Gasteiger partial charge in [0.15, 0.2) is 11.5 Å². The second-order valence-electron chi connectivity index (χ2n) is 21.6. The van der Waals surface area contributed by atoms with Crippen LogP contribution in [0.25, 0.3) is 0 Å². The number of likely N-dealkylation sites (N-methyl/N-ethyl adjacent to an activating group) is 2. The number of benzene rings is 5. The van der Waals surface area contributed by atoms with Crippen molar-refractivity contribution in [1.82, 2.24) is 4.90 Å². The summed E-state index contributed by atoms with van der Waals surface area (Å²) in [5.41, 5.74) is 10.5. The SMILES string of the molecule is CCCOCCOCCN(CCCC(=O)CCCN1C(=O)CC(SC)C1=O)c1cc(COc2cc3c(cc2C)C(=O)N2c4ccccc4C[C@H]2CN3C)cc(COc2cc3c(cc2OC)C(=O)N2c4ccccc4C[C@H]2CN3C)c1. The fourth-order valence-electron chi connectivity index (χ4n) is 12.0. The summed E-state index contributed by atoms with van der Waals surface area (Å²) in [5, 5.41) is -0.346. The molecule has 0 radical (unpaired) electrons. The van der Waals surface area contributed by atoms with E-state index in [4.69, 9.17) is 23.7 Å². The molecule has 80 heavy (non-hydrogen) atoms. The maximum absolute atomic E-state index is 14.4. The highest BCUT2D eigenvalue weighted by Crippen LogP contribution is 2.43. The zero-order valence-electron chi connectivity index (χ0n) is 47.0. The topological polar surface area (TPSA) is 151 Å². The second-order valence-corrected chi connectivity index (χ2v) is 22.6. The van der Waals surface area contributed by atoms with Gasteiger partial charge in [0.1, 0.15) is 24.7 Å². The molecule has 0 N–H and O–H groups in total. The van der Waals surface area contributed by atoms with Crippen LogP contribution in [0.5, 0.6) is 17.2 Å². The number of aryl methyl sites for hydroxylation is 1. The number of carbonyl (C=O) groups is 5. The highest BCUT2D eigenvalue weighted by Gasteiger charge is 2.41. The Morgan fingerprint density at radius 1 is 0.650 bits per heavy atom. The van der Waals surface area contributed by atoms with Gasteiger partial charge in [0.05, 0.1) is 66.8 Å². The molecule has 16 nitrogen and oxygen atoms in total. The van der Waals surface area contributed by atoms with Crippen molar-refractivity contribution in [2.45, 2.75) is 95.8 Å². The van der Waals surface area contributed by atoms with Gasteiger partial charge in [-0.1, -0.05) is 43.3 Å². The Morgan fingerprint density at radius 2 is 1.23 bits per heavy atom. The summed E-state index contributed by atoms with van der Waals surface area (Å²) in [7, 11) is 5.63. The van der Waals surface area contributed by atoms with E-state index in [-0.39, 0.29) is 79.3 Å². The normalized spacial score (nSPS) is 18.1. The number of hydrogen-bond donors (Lipinski definition) is 0. The summed E-state index contributed by atoms with van der Waals surface area (Å²) in [6.45, 7) is 9.05. The van der Waals surface area contributed by atoms with Gasteiger partial charge in [0.25, 0.3) is 11.8 Å². The van der Waals surface area contributed by atoms with Crippen LogP contribution < -0.4 is 38.7 Å². The van der Waals surface area contributed by atoms with Crippen molar-refractivity contribution in [3.63, 3.8) is 0 Å². The molecule has 0 saturated carbocycles. The van der Waals surface area contributed by atoms with E-state index in [1.54, 1.807) is 13.2 Å². The molecule has 17 heteroatoms. The Bertz CT molecular complexity index is 3130. The van der Waals surface area contributed by atoms with Crippen molar-refractivity contribution in [1.29, 1.82) is 0 Å². The van der Waals surface area contributed by atoms with Crippen molar-refractivity contribution in [2.75, 3.05) is 111 Å². The Labute approximate surface area is 474 Å². The number of para-hydroxylation sites is 2. The molecular weight excluding hydrogens is 1030 g/mol. The van der Waals surface area contributed by atoms with E-state index < -0.39 is 0 Å². The van der Waals surface area contributed by atoms with Crippen molar-refractivity contribution >= 4 is 69.6 Å². The maximum Gasteiger partial charge on any atom is 0.260 e. The number of amides is 4. The van der Waals surface area contributed by atoms with Crippen molar-refractivity contribution in [3.05, 3.63) is 130 Å². The first-order valence-electron chi connectivity index (χ1n) is 28.1. The average Bonchev–Trinajstić information content (AvgIpc) is 4.14. The molecule has 422 valence electrons. The average molecular weight is 1110 g/mol. The fraction of sp³-hybridized carbons (Fsp3) is 0.444. The van der Waals surface area contributed by atoms with E-state index in [1.165, 1.54) is 22.2 Å². The van der Waals surface area contributed by atoms with Crippen LogP contribution in [0.4, 0.5) is 28.4 Å². The Morgan fingerprint density at radius 3 is 1.82 bits per heavy atom. The van der Waals surface area contributed by atoms with Gasteiger partial charge < -0.3 is 48.2 Å². The lowest BCUT2D eigenvalue weighted by atomic mass is 10.1. The summed E-state index contributed by atoms with van der Waals surface area (Å²) in [6, 6.07) is 30.2. The van der Waals surface area contributed by atoms with E-state index in [0.29, 0.717) is 100 Å². The number of hydrogen-bond acceptors (Lipinski definition) is 14. The predicted molar refractivity (Wildman–Crippen MR) is 314 cm³/mol. The lowest BCUT2D eigenvalue weighted by Crippen LogP contribution is -2.41. The van der Waals surface area contributed by atoms with Crippen LogP contribution >= 0.6 is 11.8 Å². The van der Waals surface area contributed by atoms with Crippen molar-refractivity contribution in [2.24, 2.45) is 0 Å². The zero-order chi connectivity index (χ0) is 56.0. The van der Waals surface area contributed by atoms with Gasteiger partial charge in [-0.3, -0.25) is 28.9 Å². The molecule has 5 aliphatic rings. The molecule has 10 rings (SSSR count). The van der Waals surface area contributed by atoms with Crippen LogP contribution in [0, 0.1) is 6.92 Å². The zero-order valence-corrected chi connectivity index (χ0v) is 47.8. The standard InChI is InChI=1S/C63H74N6O10S/c1-7-23-76-25-26-77-24-22-66(20-12-16-49(70)17-13-21-67-60(71)36-59(80-6)63(67)74)46-29-42(39-78-56-34-54-50(27-41(56)2)61(72)68-47(37-64(54)3)31-44-14-8-10-18-52(44)68)28-43(30-46)40-79-58-35-55-51(33-57(58)75-5)62(73)69-48(38-65(55)4)32-45-15-9-11-19-53(45)69/h8-11,14-15,18-19,27-30,33-35,47-48,59H,7,12-13,16-17,20-26,31-32,36-40H2,1-6H3/t47-,48-,59?/m0/s1. The van der Waals surface area contributed by atoms with E-state index in [9.17, 15) is 24.0 Å². The number of Topliss-reactive ketones (excluding diaryl/α,β-unsaturated/α-hetero) is 1. The quantitative estimate of drug-likeness (QED) is 0.0404. The maximum atomic E-state index is 14.4. The number of ketones is 1. The first kappa shape index (κ1) is 56.2. The van der Waals surface area contributed by atoms with Crippen molar-refractivity contribution < 1.29 is 47.7 Å². The van der Waals surface area contributed by atoms with Gasteiger partial charge in [-0.2, -0.15) is 11.8 Å². The Kier molecular flexibility index (Phi) is 17.7. The number of carbonyl (C=O) groups excluding carboxylic acids is 5. The molecule has 1 fully saturated rings. The largest absolute Gasteiger partial charge is 0.493 e. The summed E-state index contributed by atoms with van der Waals surface area (Å²) < 4.78 is 31.2. The number of rotatable bonds is 25. The van der Waals surface area contributed by atoms with Crippen LogP contribution in [-0.4, -0.2) is 138 Å². The van der Waals surface area contributed by atoms with Crippen LogP contribution in [0.1, 0.15) is 94.0 Å². The third-order valence-corrected chi connectivity index (χ3v) is 17.0. The molecule has 5 aromatic rings. The molecule has 1 saturated heterocycles. The van der Waals surface area contributed by atoms with Crippen LogP contribution in [-0.2, 0) is 49.9 Å². The van der Waals surface area contributed by atoms with E-state index in [1.807, 2.05) is 91.7 Å². The molecule has 0 aromatic heterocycles. The number of methoxy groups -OCH3 is 1. The summed E-state index contributed by atoms with van der Waals surface area (Å²) in [6.07, 6.45) is 6.14. The molecule has 0 aliphatic carbocycles.